The maximum Gasteiger partial charge on any atom is 0.357 e. The minimum atomic E-state index is -0.435. The summed E-state index contributed by atoms with van der Waals surface area (Å²) in [6.07, 6.45) is 0. The third kappa shape index (κ3) is 4.19. The van der Waals surface area contributed by atoms with Crippen LogP contribution in [0.4, 0.5) is 0 Å². The Hall–Kier alpha value is -1.10. The summed E-state index contributed by atoms with van der Waals surface area (Å²) in [6, 6.07) is 5.24. The third-order valence-electron chi connectivity index (χ3n) is 2.53. The van der Waals surface area contributed by atoms with Gasteiger partial charge in [-0.2, -0.15) is 0 Å². The van der Waals surface area contributed by atoms with E-state index >= 15 is 0 Å². The van der Waals surface area contributed by atoms with Crippen molar-refractivity contribution in [3.8, 4) is 10.6 Å². The molecule has 6 heteroatoms. The zero-order valence-corrected chi connectivity index (χ0v) is 14.3. The van der Waals surface area contributed by atoms with Crippen LogP contribution in [-0.4, -0.2) is 17.6 Å². The van der Waals surface area contributed by atoms with Gasteiger partial charge in [-0.3, -0.25) is 0 Å². The molecule has 1 aromatic heterocycles. The van der Waals surface area contributed by atoms with Crippen LogP contribution in [0, 0.1) is 5.41 Å². The van der Waals surface area contributed by atoms with Crippen molar-refractivity contribution < 1.29 is 9.53 Å². The lowest BCUT2D eigenvalue weighted by Crippen LogP contribution is -2.18. The van der Waals surface area contributed by atoms with Gasteiger partial charge in [-0.25, -0.2) is 9.78 Å². The van der Waals surface area contributed by atoms with Crippen molar-refractivity contribution in [3.05, 3.63) is 39.3 Å². The fraction of sp³-hybridized carbons (Fsp3) is 0.333. The summed E-state index contributed by atoms with van der Waals surface area (Å²) in [5, 5.41) is 3.27. The zero-order chi connectivity index (χ0) is 15.6. The van der Waals surface area contributed by atoms with Gasteiger partial charge in [0.25, 0.3) is 0 Å². The van der Waals surface area contributed by atoms with Gasteiger partial charge in [0.1, 0.15) is 5.01 Å². The van der Waals surface area contributed by atoms with Crippen molar-refractivity contribution in [2.45, 2.75) is 20.8 Å². The van der Waals surface area contributed by atoms with Gasteiger partial charge in [-0.15, -0.1) is 11.3 Å². The van der Waals surface area contributed by atoms with Gasteiger partial charge in [0.05, 0.1) is 16.7 Å². The monoisotopic (exact) mass is 343 g/mol. The molecule has 0 atom stereocenters. The van der Waals surface area contributed by atoms with Crippen LogP contribution < -0.4 is 0 Å². The van der Waals surface area contributed by atoms with Crippen molar-refractivity contribution >= 4 is 40.5 Å². The van der Waals surface area contributed by atoms with Gasteiger partial charge in [0, 0.05) is 10.9 Å². The summed E-state index contributed by atoms with van der Waals surface area (Å²) < 4.78 is 5.24. The van der Waals surface area contributed by atoms with Crippen molar-refractivity contribution in [2.75, 3.05) is 6.61 Å². The predicted molar refractivity (Wildman–Crippen MR) is 87.3 cm³/mol. The molecule has 0 aliphatic carbocycles. The molecule has 21 heavy (non-hydrogen) atoms. The highest BCUT2D eigenvalue weighted by Gasteiger charge is 2.19. The Bertz CT molecular complexity index is 642. The third-order valence-corrected chi connectivity index (χ3v) is 4.02. The Labute approximate surface area is 137 Å². The van der Waals surface area contributed by atoms with Crippen LogP contribution >= 0.6 is 34.5 Å². The Kier molecular flexibility index (Phi) is 4.91. The van der Waals surface area contributed by atoms with E-state index in [9.17, 15) is 4.79 Å². The highest BCUT2D eigenvalue weighted by molar-refractivity contribution is 7.13. The van der Waals surface area contributed by atoms with Crippen molar-refractivity contribution in [2.24, 2.45) is 5.41 Å². The van der Waals surface area contributed by atoms with Crippen LogP contribution in [0.1, 0.15) is 31.3 Å². The first kappa shape index (κ1) is 16.3. The van der Waals surface area contributed by atoms with E-state index in [0.717, 1.165) is 0 Å². The number of aromatic nitrogens is 1. The molecule has 1 heterocycles. The topological polar surface area (TPSA) is 39.2 Å². The number of thiazole rings is 1. The highest BCUT2D eigenvalue weighted by atomic mass is 35.5. The van der Waals surface area contributed by atoms with E-state index in [4.69, 9.17) is 27.9 Å². The van der Waals surface area contributed by atoms with Crippen LogP contribution in [0.3, 0.4) is 0 Å². The first-order valence-electron chi connectivity index (χ1n) is 6.35. The van der Waals surface area contributed by atoms with E-state index in [1.807, 2.05) is 20.8 Å². The van der Waals surface area contributed by atoms with E-state index in [1.54, 1.807) is 23.6 Å². The van der Waals surface area contributed by atoms with Crippen LogP contribution in [0.5, 0.6) is 0 Å². The largest absolute Gasteiger partial charge is 0.460 e. The maximum atomic E-state index is 12.0. The number of hydrogen-bond acceptors (Lipinski definition) is 4. The second-order valence-electron chi connectivity index (χ2n) is 5.77. The molecular weight excluding hydrogens is 329 g/mol. The van der Waals surface area contributed by atoms with Gasteiger partial charge >= 0.3 is 5.97 Å². The first-order valence-corrected chi connectivity index (χ1v) is 7.98. The lowest BCUT2D eigenvalue weighted by Gasteiger charge is -2.17. The Morgan fingerprint density at radius 2 is 1.90 bits per heavy atom. The number of carbonyl (C=O) groups is 1. The van der Waals surface area contributed by atoms with Crippen molar-refractivity contribution in [1.82, 2.24) is 4.98 Å². The molecule has 0 spiro atoms. The summed E-state index contributed by atoms with van der Waals surface area (Å²) >= 11 is 13.6. The molecule has 1 aromatic carbocycles. The number of ether oxygens (including phenoxy) is 1. The smallest absolute Gasteiger partial charge is 0.357 e. The molecule has 0 bridgehead atoms. The molecule has 0 amide bonds. The zero-order valence-electron chi connectivity index (χ0n) is 11.9. The second-order valence-corrected chi connectivity index (χ2v) is 7.44. The number of carbonyl (C=O) groups excluding carboxylic acids is 1. The van der Waals surface area contributed by atoms with Crippen molar-refractivity contribution in [3.63, 3.8) is 0 Å². The average Bonchev–Trinajstić information content (AvgIpc) is 2.84. The van der Waals surface area contributed by atoms with Crippen LogP contribution in [-0.2, 0) is 4.74 Å². The van der Waals surface area contributed by atoms with Gasteiger partial charge in [-0.1, -0.05) is 50.0 Å². The number of benzene rings is 1. The molecule has 2 rings (SSSR count). The second kappa shape index (κ2) is 6.34. The normalized spacial score (nSPS) is 11.5. The highest BCUT2D eigenvalue weighted by Crippen LogP contribution is 2.36. The number of esters is 1. The summed E-state index contributed by atoms with van der Waals surface area (Å²) in [6.45, 7) is 6.33. The minimum absolute atomic E-state index is 0.0828. The molecule has 0 fully saturated rings. The first-order chi connectivity index (χ1) is 9.78. The fourth-order valence-electron chi connectivity index (χ4n) is 1.54. The standard InChI is InChI=1S/C15H15Cl2NO2S/c1-15(2,3)8-20-14(19)11-7-21-13(18-11)12-9(16)5-4-6-10(12)17/h4-7H,8H2,1-3H3. The van der Waals surface area contributed by atoms with Crippen LogP contribution in [0.2, 0.25) is 10.0 Å². The van der Waals surface area contributed by atoms with Crippen LogP contribution in [0.25, 0.3) is 10.6 Å². The van der Waals surface area contributed by atoms with E-state index < -0.39 is 5.97 Å². The number of halogens is 2. The summed E-state index contributed by atoms with van der Waals surface area (Å²) in [4.78, 5) is 16.2. The molecule has 2 aromatic rings. The molecule has 0 unspecified atom stereocenters. The minimum Gasteiger partial charge on any atom is -0.460 e. The predicted octanol–water partition coefficient (Wildman–Crippen LogP) is 5.32. The van der Waals surface area contributed by atoms with Gasteiger partial charge < -0.3 is 4.74 Å². The van der Waals surface area contributed by atoms with Gasteiger partial charge in [-0.05, 0) is 17.5 Å². The summed E-state index contributed by atoms with van der Waals surface area (Å²) in [5.74, 6) is -0.435. The van der Waals surface area contributed by atoms with Gasteiger partial charge in [0.2, 0.25) is 0 Å². The van der Waals surface area contributed by atoms with E-state index in [0.29, 0.717) is 27.2 Å². The molecule has 112 valence electrons. The Balaban J connectivity index is 2.20. The van der Waals surface area contributed by atoms with E-state index in [-0.39, 0.29) is 11.1 Å². The fourth-order valence-corrected chi connectivity index (χ4v) is 3.09. The summed E-state index contributed by atoms with van der Waals surface area (Å²) in [5.41, 5.74) is 0.830. The molecule has 0 saturated heterocycles. The molecule has 0 radical (unpaired) electrons. The van der Waals surface area contributed by atoms with E-state index in [2.05, 4.69) is 4.98 Å². The molecule has 0 aliphatic heterocycles. The van der Waals surface area contributed by atoms with Crippen molar-refractivity contribution in [1.29, 1.82) is 0 Å². The molecule has 0 N–H and O–H groups in total. The molecule has 0 aliphatic rings. The maximum absolute atomic E-state index is 12.0. The Morgan fingerprint density at radius 3 is 2.48 bits per heavy atom. The lowest BCUT2D eigenvalue weighted by molar-refractivity contribution is 0.0361. The average molecular weight is 344 g/mol. The number of rotatable bonds is 3. The van der Waals surface area contributed by atoms with E-state index in [1.165, 1.54) is 11.3 Å². The summed E-state index contributed by atoms with van der Waals surface area (Å²) in [7, 11) is 0. The van der Waals surface area contributed by atoms with Crippen LogP contribution in [0.15, 0.2) is 23.6 Å². The molecule has 3 nitrogen and oxygen atoms in total. The number of hydrogen-bond donors (Lipinski definition) is 0. The molecule has 0 saturated carbocycles. The van der Waals surface area contributed by atoms with Gasteiger partial charge in [0.15, 0.2) is 5.69 Å². The SMILES string of the molecule is CC(C)(C)COC(=O)c1csc(-c2c(Cl)cccc2Cl)n1. The lowest BCUT2D eigenvalue weighted by atomic mass is 9.99. The molecular formula is C15H15Cl2NO2S. The number of nitrogens with zero attached hydrogens (tertiary/aromatic N) is 1. The quantitative estimate of drug-likeness (QED) is 0.708. The Morgan fingerprint density at radius 1 is 1.29 bits per heavy atom.